The number of nitrogens with zero attached hydrogens (tertiary/aromatic N) is 4. The standard InChI is InChI=1S/C26H25ClFN5O/c1-32-13-23(29-14-32)17-5-3-16(4-6-17)18-7-8-19(11-18)24-25(33(2)15-30-24)26(34)31-20-9-10-22(28)21(27)12-20/h3-6,9-10,12-15,18-19H,7-8,11H2,1-2H3,(H,31,34). The summed E-state index contributed by atoms with van der Waals surface area (Å²) in [6, 6.07) is 12.8. The van der Waals surface area contributed by atoms with Crippen molar-refractivity contribution in [2.45, 2.75) is 31.1 Å². The molecule has 1 saturated carbocycles. The van der Waals surface area contributed by atoms with E-state index in [2.05, 4.69) is 39.6 Å². The smallest absolute Gasteiger partial charge is 0.274 e. The average Bonchev–Trinajstić information content (AvgIpc) is 3.56. The van der Waals surface area contributed by atoms with Gasteiger partial charge >= 0.3 is 0 Å². The number of carbonyl (C=O) groups is 1. The summed E-state index contributed by atoms with van der Waals surface area (Å²) < 4.78 is 17.1. The number of nitrogens with one attached hydrogen (secondary N) is 1. The zero-order valence-corrected chi connectivity index (χ0v) is 19.8. The fourth-order valence-corrected chi connectivity index (χ4v) is 4.99. The molecule has 2 unspecified atom stereocenters. The van der Waals surface area contributed by atoms with Crippen molar-refractivity contribution in [2.24, 2.45) is 14.1 Å². The molecule has 6 nitrogen and oxygen atoms in total. The molecule has 8 heteroatoms. The SMILES string of the molecule is Cn1cnc(-c2ccc(C3CCC(c4ncn(C)c4C(=O)Nc4ccc(F)c(Cl)c4)C3)cc2)c1. The Kier molecular flexibility index (Phi) is 5.96. The third-order valence-corrected chi connectivity index (χ3v) is 6.85. The van der Waals surface area contributed by atoms with Gasteiger partial charge in [0.05, 0.1) is 29.1 Å². The molecule has 4 aromatic rings. The zero-order chi connectivity index (χ0) is 23.8. The molecule has 5 rings (SSSR count). The van der Waals surface area contributed by atoms with E-state index in [9.17, 15) is 9.18 Å². The fraction of sp³-hybridized carbons (Fsp3) is 0.269. The number of halogens is 2. The van der Waals surface area contributed by atoms with Gasteiger partial charge in [-0.2, -0.15) is 0 Å². The van der Waals surface area contributed by atoms with Crippen LogP contribution in [0.5, 0.6) is 0 Å². The van der Waals surface area contributed by atoms with E-state index < -0.39 is 5.82 Å². The predicted octanol–water partition coefficient (Wildman–Crippen LogP) is 5.92. The molecule has 1 amide bonds. The topological polar surface area (TPSA) is 64.7 Å². The van der Waals surface area contributed by atoms with Crippen molar-refractivity contribution in [3.8, 4) is 11.3 Å². The Morgan fingerprint density at radius 3 is 2.53 bits per heavy atom. The van der Waals surface area contributed by atoms with Crippen LogP contribution in [0.3, 0.4) is 0 Å². The van der Waals surface area contributed by atoms with E-state index >= 15 is 0 Å². The van der Waals surface area contributed by atoms with Crippen LogP contribution in [0.2, 0.25) is 5.02 Å². The van der Waals surface area contributed by atoms with Crippen molar-refractivity contribution in [1.82, 2.24) is 19.1 Å². The highest BCUT2D eigenvalue weighted by Crippen LogP contribution is 2.44. The summed E-state index contributed by atoms with van der Waals surface area (Å²) >= 11 is 5.86. The number of rotatable bonds is 5. The van der Waals surface area contributed by atoms with Crippen molar-refractivity contribution in [3.63, 3.8) is 0 Å². The molecule has 0 aliphatic heterocycles. The number of carbonyl (C=O) groups excluding carboxylic acids is 1. The van der Waals surface area contributed by atoms with Gasteiger partial charge in [-0.15, -0.1) is 0 Å². The molecule has 2 atom stereocenters. The Labute approximate surface area is 202 Å². The summed E-state index contributed by atoms with van der Waals surface area (Å²) in [6.07, 6.45) is 8.43. The van der Waals surface area contributed by atoms with Gasteiger partial charge in [0.2, 0.25) is 0 Å². The van der Waals surface area contributed by atoms with Crippen molar-refractivity contribution in [1.29, 1.82) is 0 Å². The number of hydrogen-bond acceptors (Lipinski definition) is 3. The van der Waals surface area contributed by atoms with E-state index in [-0.39, 0.29) is 16.8 Å². The van der Waals surface area contributed by atoms with Crippen LogP contribution in [0, 0.1) is 5.82 Å². The molecular weight excluding hydrogens is 453 g/mol. The lowest BCUT2D eigenvalue weighted by Gasteiger charge is -2.14. The lowest BCUT2D eigenvalue weighted by atomic mass is 9.93. The molecule has 1 fully saturated rings. The molecule has 174 valence electrons. The van der Waals surface area contributed by atoms with Crippen LogP contribution in [0.15, 0.2) is 61.3 Å². The Balaban J connectivity index is 1.31. The van der Waals surface area contributed by atoms with Gasteiger partial charge < -0.3 is 14.5 Å². The van der Waals surface area contributed by atoms with Crippen LogP contribution in [-0.2, 0) is 14.1 Å². The van der Waals surface area contributed by atoms with E-state index in [1.807, 2.05) is 24.9 Å². The average molecular weight is 478 g/mol. The van der Waals surface area contributed by atoms with E-state index in [1.54, 1.807) is 17.2 Å². The van der Waals surface area contributed by atoms with Crippen molar-refractivity contribution in [2.75, 3.05) is 5.32 Å². The van der Waals surface area contributed by atoms with Gasteiger partial charge in [-0.05, 0) is 48.9 Å². The summed E-state index contributed by atoms with van der Waals surface area (Å²) in [6.45, 7) is 0. The minimum atomic E-state index is -0.522. The zero-order valence-electron chi connectivity index (χ0n) is 19.0. The molecule has 0 radical (unpaired) electrons. The molecule has 1 aliphatic rings. The molecule has 0 spiro atoms. The molecule has 34 heavy (non-hydrogen) atoms. The monoisotopic (exact) mass is 477 g/mol. The Morgan fingerprint density at radius 1 is 1.06 bits per heavy atom. The van der Waals surface area contributed by atoms with Gasteiger partial charge in [-0.1, -0.05) is 35.9 Å². The van der Waals surface area contributed by atoms with Crippen LogP contribution in [0.25, 0.3) is 11.3 Å². The van der Waals surface area contributed by atoms with Crippen LogP contribution >= 0.6 is 11.6 Å². The Bertz CT molecular complexity index is 1340. The van der Waals surface area contributed by atoms with E-state index in [0.717, 1.165) is 36.2 Å². The van der Waals surface area contributed by atoms with Crippen molar-refractivity contribution in [3.05, 3.63) is 89.1 Å². The van der Waals surface area contributed by atoms with Gasteiger partial charge in [-0.25, -0.2) is 14.4 Å². The maximum absolute atomic E-state index is 13.5. The van der Waals surface area contributed by atoms with Gasteiger partial charge in [-0.3, -0.25) is 4.79 Å². The first-order valence-corrected chi connectivity index (χ1v) is 11.6. The first kappa shape index (κ1) is 22.3. The van der Waals surface area contributed by atoms with E-state index in [1.165, 1.54) is 23.8 Å². The van der Waals surface area contributed by atoms with Gasteiger partial charge in [0.25, 0.3) is 5.91 Å². The second kappa shape index (κ2) is 9.06. The van der Waals surface area contributed by atoms with Crippen LogP contribution in [-0.4, -0.2) is 25.0 Å². The second-order valence-corrected chi connectivity index (χ2v) is 9.33. The Morgan fingerprint density at radius 2 is 1.82 bits per heavy atom. The highest BCUT2D eigenvalue weighted by molar-refractivity contribution is 6.31. The first-order chi connectivity index (χ1) is 16.4. The van der Waals surface area contributed by atoms with Gasteiger partial charge in [0, 0.05) is 37.5 Å². The minimum absolute atomic E-state index is 0.0317. The number of amides is 1. The second-order valence-electron chi connectivity index (χ2n) is 8.93. The largest absolute Gasteiger partial charge is 0.340 e. The molecule has 2 aromatic heterocycles. The van der Waals surface area contributed by atoms with Crippen molar-refractivity contribution < 1.29 is 9.18 Å². The number of aryl methyl sites for hydroxylation is 2. The lowest BCUT2D eigenvalue weighted by Crippen LogP contribution is -2.18. The summed E-state index contributed by atoms with van der Waals surface area (Å²) in [5.74, 6) is -0.192. The van der Waals surface area contributed by atoms with Gasteiger partial charge in [0.15, 0.2) is 0 Å². The highest BCUT2D eigenvalue weighted by atomic mass is 35.5. The maximum atomic E-state index is 13.5. The first-order valence-electron chi connectivity index (χ1n) is 11.2. The number of anilines is 1. The van der Waals surface area contributed by atoms with Crippen molar-refractivity contribution >= 4 is 23.2 Å². The normalized spacial score (nSPS) is 17.8. The quantitative estimate of drug-likeness (QED) is 0.388. The number of imidazole rings is 2. The summed E-state index contributed by atoms with van der Waals surface area (Å²) in [7, 11) is 3.77. The highest BCUT2D eigenvalue weighted by Gasteiger charge is 2.32. The summed E-state index contributed by atoms with van der Waals surface area (Å²) in [4.78, 5) is 22.1. The van der Waals surface area contributed by atoms with Crippen LogP contribution in [0.1, 0.15) is 52.8 Å². The summed E-state index contributed by atoms with van der Waals surface area (Å²) in [5.41, 5.74) is 5.14. The summed E-state index contributed by atoms with van der Waals surface area (Å²) in [5, 5.41) is 2.79. The molecule has 2 aromatic carbocycles. The Hall–Kier alpha value is -3.45. The number of benzene rings is 2. The van der Waals surface area contributed by atoms with E-state index in [4.69, 9.17) is 11.6 Å². The molecule has 0 bridgehead atoms. The molecule has 0 saturated heterocycles. The molecule has 1 N–H and O–H groups in total. The molecule has 1 aliphatic carbocycles. The minimum Gasteiger partial charge on any atom is -0.340 e. The molecule has 2 heterocycles. The third-order valence-electron chi connectivity index (χ3n) is 6.56. The predicted molar refractivity (Wildman–Crippen MR) is 131 cm³/mol. The van der Waals surface area contributed by atoms with Gasteiger partial charge in [0.1, 0.15) is 11.5 Å². The lowest BCUT2D eigenvalue weighted by molar-refractivity contribution is 0.101. The van der Waals surface area contributed by atoms with E-state index in [0.29, 0.717) is 17.3 Å². The fourth-order valence-electron chi connectivity index (χ4n) is 4.81. The maximum Gasteiger partial charge on any atom is 0.274 e. The number of hydrogen-bond donors (Lipinski definition) is 1. The van der Waals surface area contributed by atoms with Crippen LogP contribution in [0.4, 0.5) is 10.1 Å². The number of aromatic nitrogens is 4. The van der Waals surface area contributed by atoms with Crippen LogP contribution < -0.4 is 5.32 Å². The molecular formula is C26H25ClFN5O. The third kappa shape index (κ3) is 4.35.